The number of rotatable bonds is 4. The van der Waals surface area contributed by atoms with Gasteiger partial charge in [0.05, 0.1) is 12.4 Å². The van der Waals surface area contributed by atoms with Gasteiger partial charge in [0.15, 0.2) is 0 Å². The molecule has 2 unspecified atom stereocenters. The molecule has 0 aliphatic heterocycles. The van der Waals surface area contributed by atoms with E-state index in [1.54, 1.807) is 6.26 Å². The summed E-state index contributed by atoms with van der Waals surface area (Å²) in [7, 11) is 0. The molecule has 0 radical (unpaired) electrons. The SMILES string of the molecule is CCCC(C)C(O)c1coc2ccccc12. The zero-order chi connectivity index (χ0) is 11.5. The Morgan fingerprint density at radius 2 is 2.06 bits per heavy atom. The molecule has 16 heavy (non-hydrogen) atoms. The van der Waals surface area contributed by atoms with E-state index in [1.807, 2.05) is 24.3 Å². The van der Waals surface area contributed by atoms with Crippen LogP contribution in [-0.4, -0.2) is 5.11 Å². The molecule has 0 bridgehead atoms. The van der Waals surface area contributed by atoms with Gasteiger partial charge in [0, 0.05) is 10.9 Å². The van der Waals surface area contributed by atoms with Crippen molar-refractivity contribution >= 4 is 11.0 Å². The Morgan fingerprint density at radius 1 is 1.31 bits per heavy atom. The molecule has 1 N–H and O–H groups in total. The lowest BCUT2D eigenvalue weighted by Gasteiger charge is -2.16. The smallest absolute Gasteiger partial charge is 0.134 e. The maximum atomic E-state index is 10.2. The Labute approximate surface area is 95.9 Å². The van der Waals surface area contributed by atoms with Gasteiger partial charge in [0.2, 0.25) is 0 Å². The molecule has 1 heterocycles. The number of hydrogen-bond acceptors (Lipinski definition) is 2. The van der Waals surface area contributed by atoms with Crippen LogP contribution in [0.25, 0.3) is 11.0 Å². The fraction of sp³-hybridized carbons (Fsp3) is 0.429. The number of para-hydroxylation sites is 1. The highest BCUT2D eigenvalue weighted by molar-refractivity contribution is 5.81. The highest BCUT2D eigenvalue weighted by atomic mass is 16.3. The predicted molar refractivity (Wildman–Crippen MR) is 65.2 cm³/mol. The first-order chi connectivity index (χ1) is 7.74. The molecule has 86 valence electrons. The quantitative estimate of drug-likeness (QED) is 0.844. The molecular formula is C14H18O2. The second-order valence-electron chi connectivity index (χ2n) is 4.40. The Balaban J connectivity index is 2.32. The molecule has 2 aromatic rings. The topological polar surface area (TPSA) is 33.4 Å². The molecule has 1 aromatic heterocycles. The number of benzene rings is 1. The minimum absolute atomic E-state index is 0.269. The number of aliphatic hydroxyl groups is 1. The van der Waals surface area contributed by atoms with Gasteiger partial charge in [0.1, 0.15) is 5.58 Å². The lowest BCUT2D eigenvalue weighted by Crippen LogP contribution is -2.08. The van der Waals surface area contributed by atoms with Crippen LogP contribution >= 0.6 is 0 Å². The van der Waals surface area contributed by atoms with Gasteiger partial charge in [0.25, 0.3) is 0 Å². The average molecular weight is 218 g/mol. The molecular weight excluding hydrogens is 200 g/mol. The second-order valence-corrected chi connectivity index (χ2v) is 4.40. The van der Waals surface area contributed by atoms with Crippen LogP contribution in [0, 0.1) is 5.92 Å². The highest BCUT2D eigenvalue weighted by Crippen LogP contribution is 2.32. The van der Waals surface area contributed by atoms with Crippen molar-refractivity contribution in [2.24, 2.45) is 5.92 Å². The molecule has 0 saturated heterocycles. The third-order valence-electron chi connectivity index (χ3n) is 3.11. The Hall–Kier alpha value is -1.28. The van der Waals surface area contributed by atoms with Crippen molar-refractivity contribution in [3.05, 3.63) is 36.1 Å². The van der Waals surface area contributed by atoms with Crippen LogP contribution < -0.4 is 0 Å². The van der Waals surface area contributed by atoms with Gasteiger partial charge >= 0.3 is 0 Å². The fourth-order valence-corrected chi connectivity index (χ4v) is 2.15. The van der Waals surface area contributed by atoms with Gasteiger partial charge in [-0.25, -0.2) is 0 Å². The summed E-state index contributed by atoms with van der Waals surface area (Å²) in [6, 6.07) is 7.84. The molecule has 2 nitrogen and oxygen atoms in total. The van der Waals surface area contributed by atoms with E-state index < -0.39 is 6.10 Å². The lowest BCUT2D eigenvalue weighted by molar-refractivity contribution is 0.113. The minimum Gasteiger partial charge on any atom is -0.464 e. The predicted octanol–water partition coefficient (Wildman–Crippen LogP) is 3.90. The zero-order valence-corrected chi connectivity index (χ0v) is 9.81. The molecule has 0 saturated carbocycles. The van der Waals surface area contributed by atoms with Crippen molar-refractivity contribution in [2.45, 2.75) is 32.8 Å². The summed E-state index contributed by atoms with van der Waals surface area (Å²) in [6.45, 7) is 4.21. The van der Waals surface area contributed by atoms with Crippen LogP contribution in [0.2, 0.25) is 0 Å². The lowest BCUT2D eigenvalue weighted by atomic mass is 9.93. The summed E-state index contributed by atoms with van der Waals surface area (Å²) in [4.78, 5) is 0. The van der Waals surface area contributed by atoms with Gasteiger partial charge in [-0.2, -0.15) is 0 Å². The monoisotopic (exact) mass is 218 g/mol. The second kappa shape index (κ2) is 4.71. The summed E-state index contributed by atoms with van der Waals surface area (Å²) in [5.74, 6) is 0.269. The minimum atomic E-state index is -0.427. The van der Waals surface area contributed by atoms with Gasteiger partial charge in [-0.15, -0.1) is 0 Å². The summed E-state index contributed by atoms with van der Waals surface area (Å²) in [5.41, 5.74) is 1.76. The van der Waals surface area contributed by atoms with E-state index in [2.05, 4.69) is 13.8 Å². The number of aliphatic hydroxyl groups excluding tert-OH is 1. The molecule has 0 spiro atoms. The maximum Gasteiger partial charge on any atom is 0.134 e. The van der Waals surface area contributed by atoms with E-state index >= 15 is 0 Å². The molecule has 0 amide bonds. The summed E-state index contributed by atoms with van der Waals surface area (Å²) < 4.78 is 5.44. The Kier molecular flexibility index (Phi) is 3.30. The van der Waals surface area contributed by atoms with Crippen LogP contribution in [0.5, 0.6) is 0 Å². The molecule has 0 aliphatic carbocycles. The summed E-state index contributed by atoms with van der Waals surface area (Å²) >= 11 is 0. The Bertz CT molecular complexity index is 458. The van der Waals surface area contributed by atoms with Crippen molar-refractivity contribution in [3.8, 4) is 0 Å². The molecule has 2 atom stereocenters. The fourth-order valence-electron chi connectivity index (χ4n) is 2.15. The van der Waals surface area contributed by atoms with Gasteiger partial charge in [-0.3, -0.25) is 0 Å². The van der Waals surface area contributed by atoms with Gasteiger partial charge in [-0.05, 0) is 18.4 Å². The van der Waals surface area contributed by atoms with Crippen molar-refractivity contribution < 1.29 is 9.52 Å². The van der Waals surface area contributed by atoms with Crippen molar-refractivity contribution in [2.75, 3.05) is 0 Å². The number of fused-ring (bicyclic) bond motifs is 1. The van der Waals surface area contributed by atoms with Crippen LogP contribution in [0.4, 0.5) is 0 Å². The summed E-state index contributed by atoms with van der Waals surface area (Å²) in [6.07, 6.45) is 3.37. The van der Waals surface area contributed by atoms with Crippen molar-refractivity contribution in [1.29, 1.82) is 0 Å². The van der Waals surface area contributed by atoms with Crippen LogP contribution in [0.15, 0.2) is 34.9 Å². The van der Waals surface area contributed by atoms with E-state index in [4.69, 9.17) is 4.42 Å². The van der Waals surface area contributed by atoms with E-state index in [9.17, 15) is 5.11 Å². The standard InChI is InChI=1S/C14H18O2/c1-3-6-10(2)14(15)12-9-16-13-8-5-4-7-11(12)13/h4-5,7-10,14-15H,3,6H2,1-2H3. The van der Waals surface area contributed by atoms with Crippen LogP contribution in [0.1, 0.15) is 38.4 Å². The van der Waals surface area contributed by atoms with Crippen molar-refractivity contribution in [3.63, 3.8) is 0 Å². The number of furan rings is 1. The van der Waals surface area contributed by atoms with E-state index in [0.29, 0.717) is 0 Å². The summed E-state index contributed by atoms with van der Waals surface area (Å²) in [5, 5.41) is 11.3. The van der Waals surface area contributed by atoms with Crippen LogP contribution in [-0.2, 0) is 0 Å². The first-order valence-electron chi connectivity index (χ1n) is 5.88. The largest absolute Gasteiger partial charge is 0.464 e. The average Bonchev–Trinajstić information content (AvgIpc) is 2.72. The maximum absolute atomic E-state index is 10.2. The van der Waals surface area contributed by atoms with E-state index in [0.717, 1.165) is 29.4 Å². The highest BCUT2D eigenvalue weighted by Gasteiger charge is 2.19. The number of hydrogen-bond donors (Lipinski definition) is 1. The third-order valence-corrected chi connectivity index (χ3v) is 3.11. The van der Waals surface area contributed by atoms with Crippen LogP contribution in [0.3, 0.4) is 0 Å². The van der Waals surface area contributed by atoms with Gasteiger partial charge in [-0.1, -0.05) is 38.5 Å². The van der Waals surface area contributed by atoms with E-state index in [1.165, 1.54) is 0 Å². The zero-order valence-electron chi connectivity index (χ0n) is 9.81. The molecule has 0 fully saturated rings. The van der Waals surface area contributed by atoms with Crippen molar-refractivity contribution in [1.82, 2.24) is 0 Å². The molecule has 0 aliphatic rings. The van der Waals surface area contributed by atoms with Gasteiger partial charge < -0.3 is 9.52 Å². The first kappa shape index (κ1) is 11.2. The third kappa shape index (κ3) is 1.98. The molecule has 1 aromatic carbocycles. The Morgan fingerprint density at radius 3 is 2.81 bits per heavy atom. The van der Waals surface area contributed by atoms with E-state index in [-0.39, 0.29) is 5.92 Å². The first-order valence-corrected chi connectivity index (χ1v) is 5.88. The normalized spacial score (nSPS) is 15.2. The molecule has 2 heteroatoms. The molecule has 2 rings (SSSR count).